The van der Waals surface area contributed by atoms with Crippen LogP contribution in [-0.2, 0) is 6.73 Å². The van der Waals surface area contributed by atoms with Gasteiger partial charge in [0, 0.05) is 35.0 Å². The fraction of sp³-hybridized carbons (Fsp3) is 0.167. The summed E-state index contributed by atoms with van der Waals surface area (Å²) in [7, 11) is 4.76. The maximum absolute atomic E-state index is 9.59. The van der Waals surface area contributed by atoms with Gasteiger partial charge in [-0.3, -0.25) is 0 Å². The van der Waals surface area contributed by atoms with E-state index >= 15 is 0 Å². The van der Waals surface area contributed by atoms with Crippen molar-refractivity contribution in [2.75, 3.05) is 21.3 Å². The Morgan fingerprint density at radius 3 is 2.41 bits per heavy atom. The average Bonchev–Trinajstić information content (AvgIpc) is 3.46. The molecule has 0 saturated heterocycles. The maximum atomic E-state index is 9.59. The molecule has 0 atom stereocenters. The zero-order chi connectivity index (χ0) is 22.2. The highest BCUT2D eigenvalue weighted by atomic mass is 16.5. The van der Waals surface area contributed by atoms with Crippen LogP contribution >= 0.6 is 0 Å². The van der Waals surface area contributed by atoms with E-state index < -0.39 is 0 Å². The second-order valence-corrected chi connectivity index (χ2v) is 7.21. The molecule has 32 heavy (non-hydrogen) atoms. The summed E-state index contributed by atoms with van der Waals surface area (Å²) in [6.07, 6.45) is 3.62. The van der Waals surface area contributed by atoms with Crippen molar-refractivity contribution < 1.29 is 19.3 Å². The van der Waals surface area contributed by atoms with Crippen molar-refractivity contribution in [1.82, 2.24) is 19.2 Å². The molecule has 3 heterocycles. The van der Waals surface area contributed by atoms with Gasteiger partial charge in [0.15, 0.2) is 17.1 Å². The van der Waals surface area contributed by atoms with Crippen molar-refractivity contribution in [3.63, 3.8) is 0 Å². The number of hydrogen-bond acceptors (Lipinski definition) is 6. The fourth-order valence-corrected chi connectivity index (χ4v) is 4.04. The molecule has 0 spiro atoms. The van der Waals surface area contributed by atoms with Crippen molar-refractivity contribution in [3.05, 3.63) is 60.9 Å². The Labute approximate surface area is 184 Å². The Morgan fingerprint density at radius 1 is 0.938 bits per heavy atom. The van der Waals surface area contributed by atoms with Gasteiger partial charge in [0.2, 0.25) is 5.75 Å². The van der Waals surface area contributed by atoms with E-state index in [1.54, 1.807) is 36.6 Å². The highest BCUT2D eigenvalue weighted by molar-refractivity contribution is 5.95. The third kappa shape index (κ3) is 3.04. The fourth-order valence-electron chi connectivity index (χ4n) is 4.04. The number of fused-ring (bicyclic) bond motifs is 2. The summed E-state index contributed by atoms with van der Waals surface area (Å²) in [5, 5.41) is 15.5. The quantitative estimate of drug-likeness (QED) is 0.439. The monoisotopic (exact) mass is 430 g/mol. The van der Waals surface area contributed by atoms with E-state index in [1.807, 2.05) is 54.7 Å². The van der Waals surface area contributed by atoms with Gasteiger partial charge in [0.25, 0.3) is 0 Å². The lowest BCUT2D eigenvalue weighted by Gasteiger charge is -2.14. The van der Waals surface area contributed by atoms with Crippen molar-refractivity contribution in [2.24, 2.45) is 0 Å². The number of nitrogens with zero attached hydrogens (tertiary/aromatic N) is 4. The molecule has 0 aliphatic heterocycles. The smallest absolute Gasteiger partial charge is 0.203 e. The summed E-state index contributed by atoms with van der Waals surface area (Å²) in [4.78, 5) is 4.50. The van der Waals surface area contributed by atoms with Gasteiger partial charge in [-0.05, 0) is 30.3 Å². The van der Waals surface area contributed by atoms with Crippen LogP contribution in [0, 0.1) is 0 Å². The first-order valence-corrected chi connectivity index (χ1v) is 10.0. The highest BCUT2D eigenvalue weighted by Gasteiger charge is 2.17. The van der Waals surface area contributed by atoms with Crippen LogP contribution in [0.15, 0.2) is 60.9 Å². The number of aliphatic hydroxyl groups excluding tert-OH is 1. The maximum Gasteiger partial charge on any atom is 0.203 e. The molecule has 8 nitrogen and oxygen atoms in total. The summed E-state index contributed by atoms with van der Waals surface area (Å²) in [5.74, 6) is 1.66. The number of aromatic nitrogens is 4. The molecular formula is C24H22N4O4. The largest absolute Gasteiger partial charge is 0.493 e. The van der Waals surface area contributed by atoms with Gasteiger partial charge in [0.05, 0.1) is 38.2 Å². The molecule has 0 fully saturated rings. The van der Waals surface area contributed by atoms with Crippen LogP contribution in [0.4, 0.5) is 0 Å². The summed E-state index contributed by atoms with van der Waals surface area (Å²) in [6.45, 7) is -0.0784. The van der Waals surface area contributed by atoms with Crippen LogP contribution in [0.2, 0.25) is 0 Å². The van der Waals surface area contributed by atoms with Crippen molar-refractivity contribution in [1.29, 1.82) is 0 Å². The van der Waals surface area contributed by atoms with Gasteiger partial charge in [-0.2, -0.15) is 5.10 Å². The number of ether oxygens (including phenoxy) is 3. The molecule has 0 saturated carbocycles. The van der Waals surface area contributed by atoms with Crippen LogP contribution in [0.5, 0.6) is 17.2 Å². The molecule has 0 bridgehead atoms. The Morgan fingerprint density at radius 2 is 1.72 bits per heavy atom. The molecule has 162 valence electrons. The van der Waals surface area contributed by atoms with Crippen LogP contribution < -0.4 is 14.2 Å². The average molecular weight is 430 g/mol. The Balaban J connectivity index is 1.70. The summed E-state index contributed by atoms with van der Waals surface area (Å²) in [5.41, 5.74) is 5.10. The SMILES string of the molecule is COc1cc(-c2ccnc3cc(-c4cccc5c4ccn5CO)nn23)cc(OC)c1OC. The molecule has 1 N–H and O–H groups in total. The van der Waals surface area contributed by atoms with Gasteiger partial charge in [0.1, 0.15) is 6.73 Å². The Kier molecular flexibility index (Phi) is 4.91. The minimum atomic E-state index is -0.0784. The van der Waals surface area contributed by atoms with Crippen molar-refractivity contribution in [2.45, 2.75) is 6.73 Å². The van der Waals surface area contributed by atoms with Gasteiger partial charge in [-0.15, -0.1) is 0 Å². The standard InChI is InChI=1S/C24H22N4O4/c1-30-21-11-15(12-22(31-2)24(21)32-3)19-7-9-25-23-13-18(26-28(19)23)16-5-4-6-20-17(16)8-10-27(20)14-29/h4-13,29H,14H2,1-3H3. The third-order valence-corrected chi connectivity index (χ3v) is 5.56. The Bertz CT molecular complexity index is 1410. The third-order valence-electron chi connectivity index (χ3n) is 5.56. The van der Waals surface area contributed by atoms with Crippen molar-refractivity contribution >= 4 is 16.6 Å². The first-order chi connectivity index (χ1) is 15.7. The van der Waals surface area contributed by atoms with Gasteiger partial charge in [-0.1, -0.05) is 12.1 Å². The number of benzene rings is 2. The van der Waals surface area contributed by atoms with Crippen molar-refractivity contribution in [3.8, 4) is 39.8 Å². The number of hydrogen-bond donors (Lipinski definition) is 1. The lowest BCUT2D eigenvalue weighted by atomic mass is 10.1. The van der Waals surface area contributed by atoms with E-state index in [0.29, 0.717) is 22.9 Å². The van der Waals surface area contributed by atoms with E-state index in [9.17, 15) is 5.11 Å². The van der Waals surface area contributed by atoms with Crippen LogP contribution in [-0.4, -0.2) is 45.6 Å². The van der Waals surface area contributed by atoms with E-state index in [0.717, 1.165) is 33.4 Å². The minimum Gasteiger partial charge on any atom is -0.493 e. The molecule has 5 rings (SSSR count). The number of methoxy groups -OCH3 is 3. The van der Waals surface area contributed by atoms with Crippen LogP contribution in [0.3, 0.4) is 0 Å². The van der Waals surface area contributed by atoms with Gasteiger partial charge in [-0.25, -0.2) is 9.50 Å². The minimum absolute atomic E-state index is 0.0784. The number of aliphatic hydroxyl groups is 1. The predicted molar refractivity (Wildman–Crippen MR) is 121 cm³/mol. The zero-order valence-corrected chi connectivity index (χ0v) is 17.9. The summed E-state index contributed by atoms with van der Waals surface area (Å²) in [6, 6.07) is 15.6. The topological polar surface area (TPSA) is 83.0 Å². The van der Waals surface area contributed by atoms with Gasteiger partial charge >= 0.3 is 0 Å². The Hall–Kier alpha value is -4.04. The summed E-state index contributed by atoms with van der Waals surface area (Å²) < 4.78 is 20.1. The molecular weight excluding hydrogens is 408 g/mol. The first-order valence-electron chi connectivity index (χ1n) is 10.0. The molecule has 5 aromatic rings. The van der Waals surface area contributed by atoms with Crippen LogP contribution in [0.25, 0.3) is 39.1 Å². The number of rotatable bonds is 6. The molecule has 0 radical (unpaired) electrons. The second kappa shape index (κ2) is 7.90. The zero-order valence-electron chi connectivity index (χ0n) is 17.9. The predicted octanol–water partition coefficient (Wildman–Crippen LogP) is 3.99. The van der Waals surface area contributed by atoms with E-state index in [4.69, 9.17) is 19.3 Å². The molecule has 2 aromatic carbocycles. The van der Waals surface area contributed by atoms with E-state index in [1.165, 1.54) is 0 Å². The van der Waals surface area contributed by atoms with E-state index in [2.05, 4.69) is 4.98 Å². The molecule has 0 amide bonds. The van der Waals surface area contributed by atoms with Crippen LogP contribution in [0.1, 0.15) is 0 Å². The molecule has 3 aromatic heterocycles. The molecule has 0 aliphatic rings. The van der Waals surface area contributed by atoms with Gasteiger partial charge < -0.3 is 23.9 Å². The van der Waals surface area contributed by atoms with E-state index in [-0.39, 0.29) is 6.73 Å². The first kappa shape index (κ1) is 19.9. The molecule has 0 aliphatic carbocycles. The second-order valence-electron chi connectivity index (χ2n) is 7.21. The highest BCUT2D eigenvalue weighted by Crippen LogP contribution is 2.41. The molecule has 8 heteroatoms. The summed E-state index contributed by atoms with van der Waals surface area (Å²) >= 11 is 0. The lowest BCUT2D eigenvalue weighted by Crippen LogP contribution is -1.99. The molecule has 0 unspecified atom stereocenters. The lowest BCUT2D eigenvalue weighted by molar-refractivity contribution is 0.215. The normalized spacial score (nSPS) is 11.2.